The Bertz CT molecular complexity index is 991. The molecular formula is C23H26N4OS2. The number of benzene rings is 1. The summed E-state index contributed by atoms with van der Waals surface area (Å²) in [6, 6.07) is 10.2. The van der Waals surface area contributed by atoms with E-state index >= 15 is 0 Å². The molecule has 3 unspecified atom stereocenters. The molecule has 1 amide bonds. The van der Waals surface area contributed by atoms with Crippen LogP contribution in [0.3, 0.4) is 0 Å². The van der Waals surface area contributed by atoms with Gasteiger partial charge in [0.2, 0.25) is 5.91 Å². The summed E-state index contributed by atoms with van der Waals surface area (Å²) < 4.78 is 0.704. The number of nitrogens with one attached hydrogen (secondary N) is 2. The fraction of sp³-hybridized carbons (Fsp3) is 0.435. The third-order valence-corrected chi connectivity index (χ3v) is 8.20. The summed E-state index contributed by atoms with van der Waals surface area (Å²) in [6.45, 7) is 6.16. The molecule has 0 radical (unpaired) electrons. The Hall–Kier alpha value is -1.96. The number of amides is 1. The number of nitrogens with zero attached hydrogens (tertiary/aromatic N) is 2. The number of hydrogen-bond acceptors (Lipinski definition) is 5. The minimum atomic E-state index is -0.269. The number of pyridine rings is 1. The standard InChI is InChI=1S/C23H26N4OS2/c1-2-14-12-27-10-8-15(14)11-20(27)21(26-22(28)19-13-30-23(29)25-19)17-7-9-24-18-6-4-3-5-16(17)18/h2-7,9,14-15,19-21H,1,8,10-13H2,(H,25,29)(H,26,28)/t14?,15?,19-,20+,21+/m0/s1. The minimum Gasteiger partial charge on any atom is -0.359 e. The van der Waals surface area contributed by atoms with Crippen LogP contribution in [0.4, 0.5) is 0 Å². The summed E-state index contributed by atoms with van der Waals surface area (Å²) in [4.78, 5) is 20.3. The zero-order chi connectivity index (χ0) is 20.7. The maximum Gasteiger partial charge on any atom is 0.243 e. The number of carbonyl (C=O) groups excluding carboxylic acids is 1. The SMILES string of the molecule is C=CC1CN2CCC1C[C@@H]2[C@H](NC(=O)[C@@H]1CSC(=S)N1)c1ccnc2ccccc12. The van der Waals surface area contributed by atoms with Gasteiger partial charge in [-0.1, -0.05) is 48.3 Å². The van der Waals surface area contributed by atoms with Crippen LogP contribution in [0.2, 0.25) is 0 Å². The van der Waals surface area contributed by atoms with Crippen molar-refractivity contribution in [2.45, 2.75) is 31.0 Å². The lowest BCUT2D eigenvalue weighted by Gasteiger charge is -2.51. The maximum atomic E-state index is 13.2. The normalized spacial score (nSPS) is 31.3. The third-order valence-electron chi connectivity index (χ3n) is 6.84. The van der Waals surface area contributed by atoms with Gasteiger partial charge in [0.15, 0.2) is 0 Å². The topological polar surface area (TPSA) is 57.3 Å². The van der Waals surface area contributed by atoms with E-state index in [2.05, 4.69) is 45.3 Å². The van der Waals surface area contributed by atoms with Crippen molar-refractivity contribution in [3.05, 3.63) is 54.7 Å². The summed E-state index contributed by atoms with van der Waals surface area (Å²) in [7, 11) is 0. The van der Waals surface area contributed by atoms with Crippen molar-refractivity contribution in [3.63, 3.8) is 0 Å². The van der Waals surface area contributed by atoms with Gasteiger partial charge in [0.1, 0.15) is 10.4 Å². The van der Waals surface area contributed by atoms with Crippen LogP contribution < -0.4 is 10.6 Å². The molecule has 1 aromatic heterocycles. The first kappa shape index (κ1) is 20.0. The second kappa shape index (κ2) is 8.29. The second-order valence-corrected chi connectivity index (χ2v) is 10.1. The van der Waals surface area contributed by atoms with Gasteiger partial charge in [-0.3, -0.25) is 14.7 Å². The van der Waals surface area contributed by atoms with Crippen molar-refractivity contribution in [1.82, 2.24) is 20.5 Å². The molecule has 4 aliphatic rings. The van der Waals surface area contributed by atoms with Gasteiger partial charge in [-0.15, -0.1) is 6.58 Å². The van der Waals surface area contributed by atoms with Crippen molar-refractivity contribution >= 4 is 45.1 Å². The van der Waals surface area contributed by atoms with Crippen molar-refractivity contribution in [3.8, 4) is 0 Å². The number of rotatable bonds is 5. The van der Waals surface area contributed by atoms with Crippen LogP contribution in [0.5, 0.6) is 0 Å². The van der Waals surface area contributed by atoms with Crippen LogP contribution in [0.1, 0.15) is 24.4 Å². The molecule has 4 aliphatic heterocycles. The Morgan fingerprint density at radius 3 is 3.00 bits per heavy atom. The molecule has 156 valence electrons. The molecule has 6 rings (SSSR count). The van der Waals surface area contributed by atoms with Gasteiger partial charge in [-0.05, 0) is 48.9 Å². The van der Waals surface area contributed by atoms with Gasteiger partial charge in [-0.2, -0.15) is 0 Å². The lowest BCUT2D eigenvalue weighted by atomic mass is 9.73. The third kappa shape index (κ3) is 3.63. The number of thioether (sulfide) groups is 1. The fourth-order valence-electron chi connectivity index (χ4n) is 5.27. The zero-order valence-electron chi connectivity index (χ0n) is 16.8. The lowest BCUT2D eigenvalue weighted by Crippen LogP contribution is -2.58. The van der Waals surface area contributed by atoms with E-state index in [0.29, 0.717) is 21.9 Å². The number of carbonyl (C=O) groups is 1. The Morgan fingerprint density at radius 1 is 1.40 bits per heavy atom. The summed E-state index contributed by atoms with van der Waals surface area (Å²) in [6.07, 6.45) is 6.26. The average Bonchev–Trinajstić information content (AvgIpc) is 3.23. The molecule has 5 heterocycles. The van der Waals surface area contributed by atoms with E-state index in [1.54, 1.807) is 0 Å². The van der Waals surface area contributed by atoms with E-state index in [9.17, 15) is 4.79 Å². The van der Waals surface area contributed by atoms with Gasteiger partial charge in [0.05, 0.1) is 11.6 Å². The summed E-state index contributed by atoms with van der Waals surface area (Å²) in [5, 5.41) is 7.66. The Labute approximate surface area is 186 Å². The molecule has 0 aliphatic carbocycles. The molecule has 7 heteroatoms. The molecule has 2 N–H and O–H groups in total. The highest BCUT2D eigenvalue weighted by Crippen LogP contribution is 2.42. The first-order valence-corrected chi connectivity index (χ1v) is 12.0. The van der Waals surface area contributed by atoms with Crippen molar-refractivity contribution in [2.24, 2.45) is 11.8 Å². The fourth-order valence-corrected chi connectivity index (χ4v) is 6.40. The molecule has 2 aromatic rings. The first-order valence-electron chi connectivity index (χ1n) is 10.6. The van der Waals surface area contributed by atoms with E-state index in [1.165, 1.54) is 18.2 Å². The number of aromatic nitrogens is 1. The van der Waals surface area contributed by atoms with E-state index in [1.807, 2.05) is 24.4 Å². The second-order valence-electron chi connectivity index (χ2n) is 8.45. The molecule has 2 bridgehead atoms. The molecule has 4 fully saturated rings. The van der Waals surface area contributed by atoms with Crippen molar-refractivity contribution < 1.29 is 4.79 Å². The average molecular weight is 439 g/mol. The number of thiocarbonyl (C=S) groups is 1. The van der Waals surface area contributed by atoms with E-state index in [-0.39, 0.29) is 24.0 Å². The lowest BCUT2D eigenvalue weighted by molar-refractivity contribution is -0.124. The Balaban J connectivity index is 1.50. The summed E-state index contributed by atoms with van der Waals surface area (Å²) in [5.41, 5.74) is 2.11. The van der Waals surface area contributed by atoms with Crippen LogP contribution in [0.25, 0.3) is 10.9 Å². The summed E-state index contributed by atoms with van der Waals surface area (Å²) in [5.74, 6) is 1.89. The predicted molar refractivity (Wildman–Crippen MR) is 126 cm³/mol. The van der Waals surface area contributed by atoms with Crippen LogP contribution in [0.15, 0.2) is 49.2 Å². The molecule has 1 aromatic carbocycles. The summed E-state index contributed by atoms with van der Waals surface area (Å²) >= 11 is 6.76. The van der Waals surface area contributed by atoms with Crippen LogP contribution in [-0.4, -0.2) is 51.0 Å². The molecule has 4 saturated heterocycles. The quantitative estimate of drug-likeness (QED) is 0.552. The van der Waals surface area contributed by atoms with Gasteiger partial charge in [-0.25, -0.2) is 0 Å². The first-order chi connectivity index (χ1) is 14.6. The Morgan fingerprint density at radius 2 is 2.27 bits per heavy atom. The van der Waals surface area contributed by atoms with Gasteiger partial charge >= 0.3 is 0 Å². The monoisotopic (exact) mass is 438 g/mol. The van der Waals surface area contributed by atoms with E-state index in [4.69, 9.17) is 12.2 Å². The van der Waals surface area contributed by atoms with Gasteiger partial charge in [0, 0.05) is 29.9 Å². The zero-order valence-corrected chi connectivity index (χ0v) is 18.4. The highest BCUT2D eigenvalue weighted by Gasteiger charge is 2.43. The highest BCUT2D eigenvalue weighted by molar-refractivity contribution is 8.23. The molecule has 0 saturated carbocycles. The molecule has 0 spiro atoms. The number of hydrogen-bond donors (Lipinski definition) is 2. The van der Waals surface area contributed by atoms with Crippen molar-refractivity contribution in [2.75, 3.05) is 18.8 Å². The molecule has 30 heavy (non-hydrogen) atoms. The smallest absolute Gasteiger partial charge is 0.243 e. The van der Waals surface area contributed by atoms with Gasteiger partial charge in [0.25, 0.3) is 0 Å². The predicted octanol–water partition coefficient (Wildman–Crippen LogP) is 3.28. The largest absolute Gasteiger partial charge is 0.359 e. The van der Waals surface area contributed by atoms with Crippen molar-refractivity contribution in [1.29, 1.82) is 0 Å². The van der Waals surface area contributed by atoms with Gasteiger partial charge < -0.3 is 10.6 Å². The van der Waals surface area contributed by atoms with Crippen LogP contribution in [0, 0.1) is 11.8 Å². The van der Waals surface area contributed by atoms with Crippen LogP contribution >= 0.6 is 24.0 Å². The molecular weight excluding hydrogens is 412 g/mol. The van der Waals surface area contributed by atoms with E-state index < -0.39 is 0 Å². The number of fused-ring (bicyclic) bond motifs is 4. The van der Waals surface area contributed by atoms with E-state index in [0.717, 1.165) is 36.0 Å². The number of piperidine rings is 3. The van der Waals surface area contributed by atoms with Crippen LogP contribution in [-0.2, 0) is 4.79 Å². The maximum absolute atomic E-state index is 13.2. The number of para-hydroxylation sites is 1. The molecule has 5 nitrogen and oxygen atoms in total. The highest BCUT2D eigenvalue weighted by atomic mass is 32.2. The molecule has 6 atom stereocenters. The minimum absolute atomic E-state index is 0.0242. The Kier molecular flexibility index (Phi) is 5.52.